The van der Waals surface area contributed by atoms with Crippen LogP contribution in [0.4, 0.5) is 0 Å². The number of carbonyl (C=O) groups excluding carboxylic acids is 1. The molecule has 1 heterocycles. The van der Waals surface area contributed by atoms with Crippen LogP contribution < -0.4 is 5.32 Å². The van der Waals surface area contributed by atoms with Crippen molar-refractivity contribution >= 4 is 22.8 Å². The van der Waals surface area contributed by atoms with Gasteiger partial charge in [0, 0.05) is 29.7 Å². The maximum atomic E-state index is 12.0. The third-order valence-electron chi connectivity index (χ3n) is 2.99. The van der Waals surface area contributed by atoms with Gasteiger partial charge in [0.25, 0.3) is 5.91 Å². The number of hydrogen-bond donors (Lipinski definition) is 3. The second-order valence-corrected chi connectivity index (χ2v) is 4.59. The monoisotopic (exact) mass is 260 g/mol. The summed E-state index contributed by atoms with van der Waals surface area (Å²) < 4.78 is 0. The van der Waals surface area contributed by atoms with E-state index in [1.54, 1.807) is 19.1 Å². The van der Waals surface area contributed by atoms with Crippen molar-refractivity contribution in [3.63, 3.8) is 0 Å². The van der Waals surface area contributed by atoms with Crippen LogP contribution in [-0.2, 0) is 4.79 Å². The second kappa shape index (κ2) is 5.56. The Labute approximate surface area is 110 Å². The highest BCUT2D eigenvalue weighted by Crippen LogP contribution is 2.14. The summed E-state index contributed by atoms with van der Waals surface area (Å²) in [4.78, 5) is 25.5. The largest absolute Gasteiger partial charge is 0.481 e. The molecule has 0 aliphatic carbocycles. The summed E-state index contributed by atoms with van der Waals surface area (Å²) in [7, 11) is 0. The van der Waals surface area contributed by atoms with Crippen LogP contribution >= 0.6 is 0 Å². The van der Waals surface area contributed by atoms with Gasteiger partial charge >= 0.3 is 5.97 Å². The van der Waals surface area contributed by atoms with Crippen LogP contribution in [0.3, 0.4) is 0 Å². The van der Waals surface area contributed by atoms with E-state index in [0.717, 1.165) is 10.9 Å². The Kier molecular flexibility index (Phi) is 3.85. The molecule has 3 N–H and O–H groups in total. The number of carboxylic acid groups (broad SMARTS) is 1. The van der Waals surface area contributed by atoms with Gasteiger partial charge in [0.15, 0.2) is 0 Å². The first-order chi connectivity index (χ1) is 9.06. The number of benzene rings is 1. The van der Waals surface area contributed by atoms with Gasteiger partial charge in [0.05, 0.1) is 0 Å². The molecule has 0 saturated heterocycles. The molecule has 19 heavy (non-hydrogen) atoms. The van der Waals surface area contributed by atoms with E-state index in [9.17, 15) is 9.59 Å². The number of H-pyrrole nitrogens is 1. The van der Waals surface area contributed by atoms with E-state index in [1.807, 2.05) is 18.3 Å². The molecule has 1 aromatic heterocycles. The minimum atomic E-state index is -0.853. The molecule has 100 valence electrons. The van der Waals surface area contributed by atoms with Crippen molar-refractivity contribution in [2.24, 2.45) is 0 Å². The number of aromatic nitrogens is 1. The summed E-state index contributed by atoms with van der Waals surface area (Å²) in [6, 6.07) is 7.20. The van der Waals surface area contributed by atoms with Gasteiger partial charge in [-0.1, -0.05) is 6.07 Å². The lowest BCUT2D eigenvalue weighted by atomic mass is 10.1. The van der Waals surface area contributed by atoms with Crippen molar-refractivity contribution in [1.82, 2.24) is 10.3 Å². The smallest absolute Gasteiger partial charge is 0.303 e. The zero-order chi connectivity index (χ0) is 13.8. The fraction of sp³-hybridized carbons (Fsp3) is 0.286. The van der Waals surface area contributed by atoms with E-state index in [0.29, 0.717) is 12.0 Å². The normalized spacial score (nSPS) is 12.3. The molecule has 0 aliphatic heterocycles. The molecule has 0 spiro atoms. The van der Waals surface area contributed by atoms with E-state index >= 15 is 0 Å². The number of carboxylic acids is 1. The predicted molar refractivity (Wildman–Crippen MR) is 72.1 cm³/mol. The lowest BCUT2D eigenvalue weighted by molar-refractivity contribution is -0.137. The summed E-state index contributed by atoms with van der Waals surface area (Å²) in [6.45, 7) is 1.80. The van der Waals surface area contributed by atoms with Crippen LogP contribution in [0.15, 0.2) is 30.5 Å². The topological polar surface area (TPSA) is 82.2 Å². The molecule has 5 nitrogen and oxygen atoms in total. The number of amides is 1. The molecule has 0 aliphatic rings. The maximum Gasteiger partial charge on any atom is 0.303 e. The first-order valence-electron chi connectivity index (χ1n) is 6.16. The van der Waals surface area contributed by atoms with Crippen LogP contribution in [-0.4, -0.2) is 28.0 Å². The lowest BCUT2D eigenvalue weighted by Crippen LogP contribution is -2.32. The summed E-state index contributed by atoms with van der Waals surface area (Å²) in [5.41, 5.74) is 1.47. The first kappa shape index (κ1) is 13.1. The summed E-state index contributed by atoms with van der Waals surface area (Å²) in [6.07, 6.45) is 2.30. The number of aliphatic carboxylic acids is 1. The quantitative estimate of drug-likeness (QED) is 0.770. The predicted octanol–water partition coefficient (Wildman–Crippen LogP) is 2.15. The van der Waals surface area contributed by atoms with Crippen LogP contribution in [0, 0.1) is 0 Å². The third-order valence-corrected chi connectivity index (χ3v) is 2.99. The average molecular weight is 260 g/mol. The zero-order valence-electron chi connectivity index (χ0n) is 10.6. The average Bonchev–Trinajstić information content (AvgIpc) is 2.83. The van der Waals surface area contributed by atoms with E-state index in [4.69, 9.17) is 5.11 Å². The molecule has 0 bridgehead atoms. The second-order valence-electron chi connectivity index (χ2n) is 4.59. The molecular weight excluding hydrogens is 244 g/mol. The highest BCUT2D eigenvalue weighted by Gasteiger charge is 2.11. The minimum absolute atomic E-state index is 0.0527. The van der Waals surface area contributed by atoms with E-state index in [1.165, 1.54) is 0 Å². The van der Waals surface area contributed by atoms with Crippen molar-refractivity contribution in [3.05, 3.63) is 36.0 Å². The van der Waals surface area contributed by atoms with Crippen LogP contribution in [0.5, 0.6) is 0 Å². The summed E-state index contributed by atoms with van der Waals surface area (Å²) in [5, 5.41) is 12.4. The van der Waals surface area contributed by atoms with Gasteiger partial charge in [-0.2, -0.15) is 0 Å². The Hall–Kier alpha value is -2.30. The first-order valence-corrected chi connectivity index (χ1v) is 6.16. The van der Waals surface area contributed by atoms with E-state index < -0.39 is 5.97 Å². The summed E-state index contributed by atoms with van der Waals surface area (Å²) >= 11 is 0. The van der Waals surface area contributed by atoms with Gasteiger partial charge in [-0.25, -0.2) is 0 Å². The molecule has 1 aromatic carbocycles. The Morgan fingerprint density at radius 2 is 2.16 bits per heavy atom. The molecule has 1 amide bonds. The maximum absolute atomic E-state index is 12.0. The molecule has 5 heteroatoms. The number of nitrogens with one attached hydrogen (secondary N) is 2. The number of aromatic amines is 1. The van der Waals surface area contributed by atoms with Crippen LogP contribution in [0.25, 0.3) is 10.9 Å². The van der Waals surface area contributed by atoms with E-state index in [2.05, 4.69) is 10.3 Å². The van der Waals surface area contributed by atoms with E-state index in [-0.39, 0.29) is 18.4 Å². The fourth-order valence-electron chi connectivity index (χ4n) is 1.91. The number of rotatable bonds is 5. The highest BCUT2D eigenvalue weighted by atomic mass is 16.4. The number of hydrogen-bond acceptors (Lipinski definition) is 2. The van der Waals surface area contributed by atoms with Crippen molar-refractivity contribution < 1.29 is 14.7 Å². The Balaban J connectivity index is 2.00. The highest BCUT2D eigenvalue weighted by molar-refractivity contribution is 5.98. The Morgan fingerprint density at radius 1 is 1.37 bits per heavy atom. The number of carbonyl (C=O) groups is 2. The van der Waals surface area contributed by atoms with Gasteiger partial charge in [-0.15, -0.1) is 0 Å². The molecule has 2 rings (SSSR count). The van der Waals surface area contributed by atoms with Gasteiger partial charge < -0.3 is 15.4 Å². The fourth-order valence-corrected chi connectivity index (χ4v) is 1.91. The van der Waals surface area contributed by atoms with Gasteiger partial charge in [0.1, 0.15) is 0 Å². The van der Waals surface area contributed by atoms with Crippen LogP contribution in [0.2, 0.25) is 0 Å². The summed E-state index contributed by atoms with van der Waals surface area (Å²) in [5.74, 6) is -1.04. The van der Waals surface area contributed by atoms with Crippen molar-refractivity contribution in [2.45, 2.75) is 25.8 Å². The van der Waals surface area contributed by atoms with Gasteiger partial charge in [-0.05, 0) is 36.9 Å². The van der Waals surface area contributed by atoms with Gasteiger partial charge in [-0.3, -0.25) is 9.59 Å². The SMILES string of the molecule is CC(CCC(=O)O)NC(=O)c1ccc2cc[nH]c2c1. The number of fused-ring (bicyclic) bond motifs is 1. The molecule has 1 atom stereocenters. The standard InChI is InChI=1S/C14H16N2O3/c1-9(2-5-13(17)18)16-14(19)11-4-3-10-6-7-15-12(10)8-11/h3-4,6-9,15H,2,5H2,1H3,(H,16,19)(H,17,18). The lowest BCUT2D eigenvalue weighted by Gasteiger charge is -2.12. The molecular formula is C14H16N2O3. The Morgan fingerprint density at radius 3 is 2.89 bits per heavy atom. The molecule has 0 fully saturated rings. The van der Waals surface area contributed by atoms with Crippen LogP contribution in [0.1, 0.15) is 30.1 Å². The minimum Gasteiger partial charge on any atom is -0.481 e. The Bertz CT molecular complexity index is 604. The van der Waals surface area contributed by atoms with Crippen molar-refractivity contribution in [3.8, 4) is 0 Å². The molecule has 1 unspecified atom stereocenters. The zero-order valence-corrected chi connectivity index (χ0v) is 10.6. The molecule has 0 radical (unpaired) electrons. The van der Waals surface area contributed by atoms with Crippen molar-refractivity contribution in [1.29, 1.82) is 0 Å². The molecule has 0 saturated carbocycles. The third kappa shape index (κ3) is 3.34. The van der Waals surface area contributed by atoms with Gasteiger partial charge in [0.2, 0.25) is 0 Å². The molecule has 2 aromatic rings. The van der Waals surface area contributed by atoms with Crippen molar-refractivity contribution in [2.75, 3.05) is 0 Å².